The second-order valence-electron chi connectivity index (χ2n) is 1.68. The van der Waals surface area contributed by atoms with Gasteiger partial charge < -0.3 is 10.6 Å². The Hall–Kier alpha value is -1.08. The third-order valence-electron chi connectivity index (χ3n) is 0.968. The normalized spacial score (nSPS) is 8.80. The van der Waals surface area contributed by atoms with Gasteiger partial charge in [-0.1, -0.05) is 6.57 Å². The summed E-state index contributed by atoms with van der Waals surface area (Å²) in [7, 11) is 0. The van der Waals surface area contributed by atoms with E-state index < -0.39 is 0 Å². The number of nitrogens with zero attached hydrogens (tertiary/aromatic N) is 2. The van der Waals surface area contributed by atoms with Gasteiger partial charge in [-0.25, -0.2) is 0 Å². The largest absolute Gasteiger partial charge is 0.406 e. The van der Waals surface area contributed by atoms with Gasteiger partial charge in [0.2, 0.25) is 0 Å². The number of halogens is 1. The van der Waals surface area contributed by atoms with Crippen LogP contribution in [-0.2, 0) is 0 Å². The van der Waals surface area contributed by atoms with E-state index in [1.165, 1.54) is 0 Å². The third kappa shape index (κ3) is 1.25. The van der Waals surface area contributed by atoms with Gasteiger partial charge in [0, 0.05) is 0 Å². The monoisotopic (exact) mass is 197 g/mol. The predicted octanol–water partition coefficient (Wildman–Crippen LogP) is 1.98. The molecule has 0 saturated heterocycles. The van der Waals surface area contributed by atoms with Crippen LogP contribution in [-0.4, -0.2) is 4.98 Å². The van der Waals surface area contributed by atoms with Crippen LogP contribution in [0.1, 0.15) is 0 Å². The molecule has 1 aromatic heterocycles. The number of pyridine rings is 1. The summed E-state index contributed by atoms with van der Waals surface area (Å²) < 4.78 is 0.789. The SMILES string of the molecule is [C-]#[N+]c1ncc(Br)cc1N. The Morgan fingerprint density at radius 2 is 2.40 bits per heavy atom. The zero-order valence-electron chi connectivity index (χ0n) is 5.00. The highest BCUT2D eigenvalue weighted by atomic mass is 79.9. The second kappa shape index (κ2) is 2.67. The van der Waals surface area contributed by atoms with Crippen LogP contribution < -0.4 is 5.73 Å². The van der Waals surface area contributed by atoms with E-state index in [0.29, 0.717) is 5.69 Å². The first kappa shape index (κ1) is 7.03. The molecule has 2 N–H and O–H groups in total. The number of nitrogens with two attached hydrogens (primary N) is 1. The molecule has 0 unspecified atom stereocenters. The molecule has 0 saturated carbocycles. The Morgan fingerprint density at radius 1 is 1.70 bits per heavy atom. The number of anilines is 1. The number of hydrogen-bond donors (Lipinski definition) is 1. The van der Waals surface area contributed by atoms with Crippen molar-refractivity contribution >= 4 is 27.4 Å². The molecule has 0 radical (unpaired) electrons. The van der Waals surface area contributed by atoms with E-state index in [1.54, 1.807) is 12.3 Å². The second-order valence-corrected chi connectivity index (χ2v) is 2.59. The molecule has 0 amide bonds. The van der Waals surface area contributed by atoms with E-state index >= 15 is 0 Å². The smallest absolute Gasteiger partial charge is 0.292 e. The van der Waals surface area contributed by atoms with Crippen LogP contribution in [0.4, 0.5) is 11.5 Å². The molecule has 1 heterocycles. The van der Waals surface area contributed by atoms with Crippen molar-refractivity contribution in [2.75, 3.05) is 5.73 Å². The van der Waals surface area contributed by atoms with Crippen molar-refractivity contribution in [3.8, 4) is 0 Å². The molecule has 0 fully saturated rings. The molecule has 0 aromatic carbocycles. The quantitative estimate of drug-likeness (QED) is 0.647. The maximum absolute atomic E-state index is 6.62. The molecule has 1 rings (SSSR count). The molecule has 0 atom stereocenters. The van der Waals surface area contributed by atoms with Gasteiger partial charge in [-0.15, -0.1) is 4.98 Å². The van der Waals surface area contributed by atoms with Gasteiger partial charge in [-0.3, -0.25) is 0 Å². The van der Waals surface area contributed by atoms with Crippen molar-refractivity contribution < 1.29 is 0 Å². The summed E-state index contributed by atoms with van der Waals surface area (Å²) in [5.74, 6) is 0.253. The van der Waals surface area contributed by atoms with Crippen LogP contribution in [0.5, 0.6) is 0 Å². The summed E-state index contributed by atoms with van der Waals surface area (Å²) in [6.07, 6.45) is 1.55. The maximum Gasteiger partial charge on any atom is 0.292 e. The summed E-state index contributed by atoms with van der Waals surface area (Å²) in [6.45, 7) is 6.62. The minimum absolute atomic E-state index is 0.253. The van der Waals surface area contributed by atoms with Gasteiger partial charge >= 0.3 is 0 Å². The van der Waals surface area contributed by atoms with Crippen molar-refractivity contribution in [2.45, 2.75) is 0 Å². The van der Waals surface area contributed by atoms with Gasteiger partial charge in [0.1, 0.15) is 6.20 Å². The third-order valence-corrected chi connectivity index (χ3v) is 1.40. The molecule has 0 spiro atoms. The van der Waals surface area contributed by atoms with Crippen molar-refractivity contribution in [3.63, 3.8) is 0 Å². The van der Waals surface area contributed by atoms with Crippen LogP contribution in [0.3, 0.4) is 0 Å². The lowest BCUT2D eigenvalue weighted by molar-refractivity contribution is 1.34. The van der Waals surface area contributed by atoms with E-state index in [-0.39, 0.29) is 5.82 Å². The zero-order valence-corrected chi connectivity index (χ0v) is 6.59. The van der Waals surface area contributed by atoms with Gasteiger partial charge in [-0.05, 0) is 22.0 Å². The average Bonchev–Trinajstić information content (AvgIpc) is 1.88. The van der Waals surface area contributed by atoms with Crippen LogP contribution >= 0.6 is 15.9 Å². The predicted molar refractivity (Wildman–Crippen MR) is 42.6 cm³/mol. The van der Waals surface area contributed by atoms with Crippen LogP contribution in [0.15, 0.2) is 16.7 Å². The summed E-state index contributed by atoms with van der Waals surface area (Å²) in [4.78, 5) is 6.87. The van der Waals surface area contributed by atoms with Crippen molar-refractivity contribution in [1.29, 1.82) is 0 Å². The Bertz CT molecular complexity index is 290. The first-order valence-electron chi connectivity index (χ1n) is 2.52. The minimum Gasteiger partial charge on any atom is -0.406 e. The topological polar surface area (TPSA) is 43.3 Å². The Kier molecular flexibility index (Phi) is 1.88. The van der Waals surface area contributed by atoms with Gasteiger partial charge in [0.15, 0.2) is 0 Å². The lowest BCUT2D eigenvalue weighted by Gasteiger charge is -1.93. The summed E-state index contributed by atoms with van der Waals surface area (Å²) >= 11 is 3.18. The molecule has 10 heavy (non-hydrogen) atoms. The Labute approximate surface area is 66.8 Å². The highest BCUT2D eigenvalue weighted by Gasteiger charge is 1.99. The molecule has 0 aliphatic heterocycles. The van der Waals surface area contributed by atoms with Crippen LogP contribution in [0, 0.1) is 6.57 Å². The number of nitrogen functional groups attached to an aromatic ring is 1. The summed E-state index contributed by atoms with van der Waals surface area (Å²) in [5, 5.41) is 0. The molecule has 4 heteroatoms. The average molecular weight is 198 g/mol. The number of rotatable bonds is 0. The van der Waals surface area contributed by atoms with E-state index in [4.69, 9.17) is 12.3 Å². The fourth-order valence-electron chi connectivity index (χ4n) is 0.541. The molecule has 50 valence electrons. The standard InChI is InChI=1S/C6H4BrN3/c1-9-6-5(8)2-4(7)3-10-6/h2-3H,8H2. The maximum atomic E-state index is 6.62. The summed E-state index contributed by atoms with van der Waals surface area (Å²) in [6, 6.07) is 1.65. The first-order chi connectivity index (χ1) is 4.74. The minimum atomic E-state index is 0.253. The molecule has 3 nitrogen and oxygen atoms in total. The highest BCUT2D eigenvalue weighted by Crippen LogP contribution is 2.21. The van der Waals surface area contributed by atoms with Crippen molar-refractivity contribution in [3.05, 3.63) is 28.2 Å². The molecule has 0 bridgehead atoms. The molecule has 0 aliphatic rings. The number of hydrogen-bond acceptors (Lipinski definition) is 2. The van der Waals surface area contributed by atoms with Gasteiger partial charge in [0.05, 0.1) is 10.2 Å². The van der Waals surface area contributed by atoms with Crippen LogP contribution in [0.2, 0.25) is 0 Å². The first-order valence-corrected chi connectivity index (χ1v) is 3.32. The van der Waals surface area contributed by atoms with Gasteiger partial charge in [-0.2, -0.15) is 0 Å². The fourth-order valence-corrected chi connectivity index (χ4v) is 0.890. The highest BCUT2D eigenvalue weighted by molar-refractivity contribution is 9.10. The fraction of sp³-hybridized carbons (Fsp3) is 0. The molecular weight excluding hydrogens is 194 g/mol. The van der Waals surface area contributed by atoms with E-state index in [2.05, 4.69) is 25.8 Å². The van der Waals surface area contributed by atoms with E-state index in [9.17, 15) is 0 Å². The van der Waals surface area contributed by atoms with E-state index in [0.717, 1.165) is 4.47 Å². The van der Waals surface area contributed by atoms with Crippen LogP contribution in [0.25, 0.3) is 4.85 Å². The van der Waals surface area contributed by atoms with Crippen molar-refractivity contribution in [1.82, 2.24) is 4.98 Å². The zero-order chi connectivity index (χ0) is 7.56. The number of aromatic nitrogens is 1. The summed E-state index contributed by atoms with van der Waals surface area (Å²) in [5.41, 5.74) is 5.83. The molecule has 0 aliphatic carbocycles. The lowest BCUT2D eigenvalue weighted by Crippen LogP contribution is -1.86. The molecule has 1 aromatic rings. The Balaban J connectivity index is 3.23. The molecular formula is C6H4BrN3. The lowest BCUT2D eigenvalue weighted by atomic mass is 10.4. The Morgan fingerprint density at radius 3 is 2.90 bits per heavy atom. The van der Waals surface area contributed by atoms with Crippen molar-refractivity contribution in [2.24, 2.45) is 0 Å². The van der Waals surface area contributed by atoms with Gasteiger partial charge in [0.25, 0.3) is 5.82 Å². The van der Waals surface area contributed by atoms with E-state index in [1.807, 2.05) is 0 Å².